The van der Waals surface area contributed by atoms with Gasteiger partial charge in [0.1, 0.15) is 0 Å². The molecule has 0 rings (SSSR count). The van der Waals surface area contributed by atoms with Crippen molar-refractivity contribution in [3.63, 3.8) is 0 Å². The van der Waals surface area contributed by atoms with Gasteiger partial charge in [0.05, 0.1) is 6.61 Å². The quantitative estimate of drug-likeness (QED) is 0.217. The lowest BCUT2D eigenvalue weighted by Crippen LogP contribution is -2.68. The lowest BCUT2D eigenvalue weighted by Gasteiger charge is -2.30. The zero-order valence-corrected chi connectivity index (χ0v) is 4.65. The third kappa shape index (κ3) is 1.86. The van der Waals surface area contributed by atoms with E-state index >= 15 is 0 Å². The van der Waals surface area contributed by atoms with E-state index in [2.05, 4.69) is 11.5 Å². The Balaban J connectivity index is 4.14. The highest BCUT2D eigenvalue weighted by Gasteiger charge is 2.41. The first-order chi connectivity index (χ1) is 3.81. The molecule has 0 saturated carbocycles. The molecule has 0 aromatic carbocycles. The molecule has 1 unspecified atom stereocenters. The van der Waals surface area contributed by atoms with Gasteiger partial charge in [0.25, 0.3) is 5.91 Å². The highest BCUT2D eigenvalue weighted by atomic mass is 16.6. The van der Waals surface area contributed by atoms with Gasteiger partial charge in [-0.3, -0.25) is 11.5 Å². The summed E-state index contributed by atoms with van der Waals surface area (Å²) in [5.74, 6) is -2.97. The van der Waals surface area contributed by atoms with Crippen molar-refractivity contribution in [1.82, 2.24) is 0 Å². The summed E-state index contributed by atoms with van der Waals surface area (Å²) in [4.78, 5) is 0. The summed E-state index contributed by atoms with van der Waals surface area (Å²) in [5.41, 5.74) is 6.60. The highest BCUT2D eigenvalue weighted by Crippen LogP contribution is 2.05. The van der Waals surface area contributed by atoms with Crippen molar-refractivity contribution in [3.05, 3.63) is 0 Å². The maximum atomic E-state index is 8.56. The minimum atomic E-state index is -2.97. The summed E-state index contributed by atoms with van der Waals surface area (Å²) >= 11 is 0. The van der Waals surface area contributed by atoms with Gasteiger partial charge in [-0.1, -0.05) is 0 Å². The van der Waals surface area contributed by atoms with Crippen molar-refractivity contribution >= 4 is 0 Å². The number of rotatable bonds is 2. The van der Waals surface area contributed by atoms with Gasteiger partial charge in [-0.2, -0.15) is 0 Å². The molecule has 0 aliphatic rings. The molecule has 9 heavy (non-hydrogen) atoms. The van der Waals surface area contributed by atoms with Gasteiger partial charge in [-0.15, -0.1) is 0 Å². The first-order valence-corrected chi connectivity index (χ1v) is 2.17. The van der Waals surface area contributed by atoms with Crippen molar-refractivity contribution in [1.29, 1.82) is 0 Å². The Morgan fingerprint density at radius 1 is 1.11 bits per heavy atom. The van der Waals surface area contributed by atoms with Crippen LogP contribution < -0.4 is 11.5 Å². The Hall–Kier alpha value is -0.240. The van der Waals surface area contributed by atoms with Crippen molar-refractivity contribution < 1.29 is 20.4 Å². The SMILES string of the molecule is NC(O)(O)C(N)(O)CO. The smallest absolute Gasteiger partial charge is 0.266 e. The molecule has 0 saturated heterocycles. The topological polar surface area (TPSA) is 133 Å². The summed E-state index contributed by atoms with van der Waals surface area (Å²) in [7, 11) is 0. The first kappa shape index (κ1) is 8.76. The van der Waals surface area contributed by atoms with Crippen LogP contribution in [0.15, 0.2) is 0 Å². The average molecular weight is 138 g/mol. The monoisotopic (exact) mass is 138 g/mol. The van der Waals surface area contributed by atoms with Gasteiger partial charge in [0, 0.05) is 0 Å². The number of aliphatic hydroxyl groups excluding tert-OH is 1. The molecule has 56 valence electrons. The lowest BCUT2D eigenvalue weighted by molar-refractivity contribution is -0.279. The molecule has 0 bridgehead atoms. The van der Waals surface area contributed by atoms with Crippen LogP contribution in [0.4, 0.5) is 0 Å². The number of nitrogens with two attached hydrogens (primary N) is 2. The van der Waals surface area contributed by atoms with Crippen LogP contribution in [0, 0.1) is 0 Å². The Morgan fingerprint density at radius 3 is 1.44 bits per heavy atom. The fourth-order valence-electron chi connectivity index (χ4n) is 0.116. The summed E-state index contributed by atoms with van der Waals surface area (Å²) in [6.45, 7) is -1.03. The molecule has 0 aromatic rings. The molecular weight excluding hydrogens is 128 g/mol. The Kier molecular flexibility index (Phi) is 2.12. The van der Waals surface area contributed by atoms with Crippen LogP contribution in [-0.2, 0) is 0 Å². The van der Waals surface area contributed by atoms with Crippen molar-refractivity contribution in [2.75, 3.05) is 6.61 Å². The van der Waals surface area contributed by atoms with Crippen LogP contribution in [0.3, 0.4) is 0 Å². The normalized spacial score (nSPS) is 19.3. The van der Waals surface area contributed by atoms with Crippen molar-refractivity contribution in [2.45, 2.75) is 11.6 Å². The van der Waals surface area contributed by atoms with Gasteiger partial charge in [-0.05, 0) is 0 Å². The maximum Gasteiger partial charge on any atom is 0.266 e. The minimum absolute atomic E-state index is 1.03. The largest absolute Gasteiger partial charge is 0.392 e. The van der Waals surface area contributed by atoms with Crippen molar-refractivity contribution in [2.24, 2.45) is 11.5 Å². The van der Waals surface area contributed by atoms with E-state index in [1.165, 1.54) is 0 Å². The molecule has 0 spiro atoms. The van der Waals surface area contributed by atoms with Crippen LogP contribution in [0.25, 0.3) is 0 Å². The van der Waals surface area contributed by atoms with Gasteiger partial charge < -0.3 is 20.4 Å². The summed E-state index contributed by atoms with van der Waals surface area (Å²) < 4.78 is 0. The Bertz CT molecular complexity index is 96.5. The van der Waals surface area contributed by atoms with E-state index in [-0.39, 0.29) is 0 Å². The van der Waals surface area contributed by atoms with Gasteiger partial charge in [0.2, 0.25) is 5.72 Å². The van der Waals surface area contributed by atoms with E-state index in [0.29, 0.717) is 0 Å². The number of hydrogen-bond acceptors (Lipinski definition) is 6. The predicted molar refractivity (Wildman–Crippen MR) is 27.6 cm³/mol. The second-order valence-electron chi connectivity index (χ2n) is 1.81. The molecule has 1 atom stereocenters. The van der Waals surface area contributed by atoms with Gasteiger partial charge in [0.15, 0.2) is 0 Å². The minimum Gasteiger partial charge on any atom is -0.392 e. The van der Waals surface area contributed by atoms with Crippen LogP contribution in [0.2, 0.25) is 0 Å². The second kappa shape index (κ2) is 2.18. The van der Waals surface area contributed by atoms with E-state index in [4.69, 9.17) is 20.4 Å². The fourth-order valence-corrected chi connectivity index (χ4v) is 0.116. The Morgan fingerprint density at radius 2 is 1.44 bits per heavy atom. The molecule has 0 fully saturated rings. The second-order valence-corrected chi connectivity index (χ2v) is 1.81. The van der Waals surface area contributed by atoms with E-state index in [0.717, 1.165) is 0 Å². The third-order valence-corrected chi connectivity index (χ3v) is 0.878. The molecular formula is C3H10N2O4. The summed E-state index contributed by atoms with van der Waals surface area (Å²) in [6.07, 6.45) is 0. The Labute approximate surface area is 51.3 Å². The number of aliphatic hydroxyl groups is 4. The van der Waals surface area contributed by atoms with Crippen LogP contribution in [-0.4, -0.2) is 38.7 Å². The van der Waals surface area contributed by atoms with E-state index in [9.17, 15) is 0 Å². The van der Waals surface area contributed by atoms with E-state index in [1.54, 1.807) is 0 Å². The molecule has 0 heterocycles. The molecule has 6 heteroatoms. The van der Waals surface area contributed by atoms with E-state index in [1.807, 2.05) is 0 Å². The molecule has 6 nitrogen and oxygen atoms in total. The van der Waals surface area contributed by atoms with Crippen LogP contribution >= 0.6 is 0 Å². The van der Waals surface area contributed by atoms with Crippen LogP contribution in [0.5, 0.6) is 0 Å². The molecule has 0 radical (unpaired) electrons. The molecule has 0 aliphatic heterocycles. The lowest BCUT2D eigenvalue weighted by atomic mass is 10.2. The highest BCUT2D eigenvalue weighted by molar-refractivity contribution is 4.80. The first-order valence-electron chi connectivity index (χ1n) is 2.17. The zero-order valence-electron chi connectivity index (χ0n) is 4.65. The molecule has 0 amide bonds. The fraction of sp³-hybridized carbons (Fsp3) is 1.00. The molecule has 8 N–H and O–H groups in total. The van der Waals surface area contributed by atoms with Gasteiger partial charge in [-0.25, -0.2) is 0 Å². The average Bonchev–Trinajstić information content (AvgIpc) is 1.64. The third-order valence-electron chi connectivity index (χ3n) is 0.878. The zero-order chi connectivity index (χ0) is 7.71. The maximum absolute atomic E-state index is 8.56. The van der Waals surface area contributed by atoms with E-state index < -0.39 is 18.2 Å². The standard InChI is InChI=1S/C3H10N2O4/c4-2(7,1-6)3(5,8)9/h6-9H,1,4-5H2. The number of hydrogen-bond donors (Lipinski definition) is 6. The van der Waals surface area contributed by atoms with Crippen LogP contribution in [0.1, 0.15) is 0 Å². The molecule has 0 aliphatic carbocycles. The van der Waals surface area contributed by atoms with Gasteiger partial charge >= 0.3 is 0 Å². The summed E-state index contributed by atoms with van der Waals surface area (Å²) in [5, 5.41) is 33.4. The van der Waals surface area contributed by atoms with Crippen molar-refractivity contribution in [3.8, 4) is 0 Å². The summed E-state index contributed by atoms with van der Waals surface area (Å²) in [6, 6.07) is 0. The molecule has 0 aromatic heterocycles. The predicted octanol–water partition coefficient (Wildman–Crippen LogP) is -3.78.